The summed E-state index contributed by atoms with van der Waals surface area (Å²) in [5.74, 6) is 0.980. The van der Waals surface area contributed by atoms with Gasteiger partial charge in [-0.25, -0.2) is 0 Å². The maximum Gasteiger partial charge on any atom is 0.136 e. The highest BCUT2D eigenvalue weighted by Gasteiger charge is 2.03. The van der Waals surface area contributed by atoms with Gasteiger partial charge in [-0.05, 0) is 36.8 Å². The second-order valence-electron chi connectivity index (χ2n) is 4.26. The first-order chi connectivity index (χ1) is 8.74. The van der Waals surface area contributed by atoms with Crippen LogP contribution in [0.4, 0.5) is 0 Å². The van der Waals surface area contributed by atoms with Crippen molar-refractivity contribution in [2.24, 2.45) is 0 Å². The zero-order valence-corrected chi connectivity index (χ0v) is 10.4. The van der Waals surface area contributed by atoms with E-state index in [2.05, 4.69) is 0 Å². The predicted molar refractivity (Wildman–Crippen MR) is 72.7 cm³/mol. The van der Waals surface area contributed by atoms with Crippen molar-refractivity contribution in [1.29, 1.82) is 0 Å². The molecule has 0 unspecified atom stereocenters. The van der Waals surface area contributed by atoms with Crippen LogP contribution in [0.5, 0.6) is 5.75 Å². The van der Waals surface area contributed by atoms with Crippen LogP contribution >= 0.6 is 0 Å². The van der Waals surface area contributed by atoms with Crippen molar-refractivity contribution >= 4 is 5.78 Å². The predicted octanol–water partition coefficient (Wildman–Crippen LogP) is 3.25. The Labute approximate surface area is 107 Å². The van der Waals surface area contributed by atoms with Crippen LogP contribution in [0.3, 0.4) is 0 Å². The number of ketones is 1. The summed E-state index contributed by atoms with van der Waals surface area (Å²) in [7, 11) is 0. The van der Waals surface area contributed by atoms with Crippen molar-refractivity contribution in [2.45, 2.75) is 19.4 Å². The molecule has 2 heteroatoms. The summed E-state index contributed by atoms with van der Waals surface area (Å²) in [6.07, 6.45) is 12.3. The fourth-order valence-corrected chi connectivity index (χ4v) is 1.75. The number of hydrogen-bond acceptors (Lipinski definition) is 2. The van der Waals surface area contributed by atoms with Gasteiger partial charge in [0.25, 0.3) is 0 Å². The third-order valence-electron chi connectivity index (χ3n) is 2.58. The summed E-state index contributed by atoms with van der Waals surface area (Å²) in [6.45, 7) is 1.60. The quantitative estimate of drug-likeness (QED) is 0.807. The standard InChI is InChI=1S/C16H16O2/c1-13(17)12-14-8-10-16(11-9-14)18-15-6-4-2-3-5-7-15/h2-11,15H,12H2,1H3. The van der Waals surface area contributed by atoms with E-state index < -0.39 is 0 Å². The number of benzene rings is 1. The molecule has 1 aliphatic carbocycles. The van der Waals surface area contributed by atoms with Crippen molar-refractivity contribution in [2.75, 3.05) is 0 Å². The van der Waals surface area contributed by atoms with E-state index in [9.17, 15) is 4.79 Å². The second-order valence-corrected chi connectivity index (χ2v) is 4.26. The molecule has 0 atom stereocenters. The SMILES string of the molecule is CC(=O)Cc1ccc(OC2C=CC=CC=C2)cc1. The molecular weight excluding hydrogens is 224 g/mol. The summed E-state index contributed by atoms with van der Waals surface area (Å²) in [5, 5.41) is 0. The molecule has 0 fully saturated rings. The molecule has 0 saturated heterocycles. The van der Waals surface area contributed by atoms with E-state index in [1.165, 1.54) is 0 Å². The van der Waals surface area contributed by atoms with Crippen LogP contribution in [0.15, 0.2) is 60.7 Å². The largest absolute Gasteiger partial charge is 0.482 e. The number of carbonyl (C=O) groups excluding carboxylic acids is 1. The fourth-order valence-electron chi connectivity index (χ4n) is 1.75. The molecule has 0 spiro atoms. The number of ether oxygens (including phenoxy) is 1. The molecule has 1 aromatic carbocycles. The molecule has 0 aromatic heterocycles. The van der Waals surface area contributed by atoms with Crippen LogP contribution < -0.4 is 4.74 Å². The van der Waals surface area contributed by atoms with E-state index in [1.54, 1.807) is 6.92 Å². The zero-order valence-electron chi connectivity index (χ0n) is 10.4. The highest BCUT2D eigenvalue weighted by atomic mass is 16.5. The van der Waals surface area contributed by atoms with Gasteiger partial charge in [-0.3, -0.25) is 4.79 Å². The third kappa shape index (κ3) is 3.74. The highest BCUT2D eigenvalue weighted by molar-refractivity contribution is 5.78. The van der Waals surface area contributed by atoms with Crippen LogP contribution in [0.25, 0.3) is 0 Å². The minimum absolute atomic E-state index is 0.0429. The Morgan fingerprint density at radius 3 is 2.22 bits per heavy atom. The average molecular weight is 240 g/mol. The van der Waals surface area contributed by atoms with E-state index in [0.29, 0.717) is 6.42 Å². The van der Waals surface area contributed by atoms with Gasteiger partial charge in [-0.1, -0.05) is 36.4 Å². The molecule has 0 bridgehead atoms. The summed E-state index contributed by atoms with van der Waals surface area (Å²) in [4.78, 5) is 11.0. The lowest BCUT2D eigenvalue weighted by molar-refractivity contribution is -0.116. The van der Waals surface area contributed by atoms with Crippen LogP contribution in [0.1, 0.15) is 12.5 Å². The topological polar surface area (TPSA) is 26.3 Å². The lowest BCUT2D eigenvalue weighted by Gasteiger charge is -2.11. The van der Waals surface area contributed by atoms with Crippen molar-refractivity contribution in [3.8, 4) is 5.75 Å². The summed E-state index contributed by atoms with van der Waals surface area (Å²) in [5.41, 5.74) is 1.02. The Bertz CT molecular complexity index is 476. The summed E-state index contributed by atoms with van der Waals surface area (Å²) < 4.78 is 5.80. The average Bonchev–Trinajstić information content (AvgIpc) is 2.60. The first-order valence-corrected chi connectivity index (χ1v) is 6.01. The molecule has 0 heterocycles. The van der Waals surface area contributed by atoms with E-state index in [-0.39, 0.29) is 11.9 Å². The van der Waals surface area contributed by atoms with Gasteiger partial charge in [0.1, 0.15) is 17.6 Å². The molecule has 92 valence electrons. The second kappa shape index (κ2) is 6.01. The molecule has 1 aliphatic rings. The van der Waals surface area contributed by atoms with E-state index >= 15 is 0 Å². The van der Waals surface area contributed by atoms with Crippen molar-refractivity contribution in [3.05, 3.63) is 66.3 Å². The first kappa shape index (κ1) is 12.4. The van der Waals surface area contributed by atoms with E-state index in [0.717, 1.165) is 11.3 Å². The van der Waals surface area contributed by atoms with Gasteiger partial charge >= 0.3 is 0 Å². The van der Waals surface area contributed by atoms with Gasteiger partial charge in [0, 0.05) is 6.42 Å². The van der Waals surface area contributed by atoms with Gasteiger partial charge in [-0.15, -0.1) is 0 Å². The Morgan fingerprint density at radius 1 is 1.06 bits per heavy atom. The maximum absolute atomic E-state index is 11.0. The molecule has 0 N–H and O–H groups in total. The number of rotatable bonds is 4. The fraction of sp³-hybridized carbons (Fsp3) is 0.188. The number of hydrogen-bond donors (Lipinski definition) is 0. The van der Waals surface area contributed by atoms with Crippen LogP contribution in [-0.2, 0) is 11.2 Å². The lowest BCUT2D eigenvalue weighted by Crippen LogP contribution is -2.09. The molecule has 18 heavy (non-hydrogen) atoms. The normalized spacial score (nSPS) is 14.5. The molecule has 2 nitrogen and oxygen atoms in total. The van der Waals surface area contributed by atoms with Gasteiger partial charge in [0.05, 0.1) is 0 Å². The van der Waals surface area contributed by atoms with E-state index in [4.69, 9.17) is 4.74 Å². The Balaban J connectivity index is 1.99. The lowest BCUT2D eigenvalue weighted by atomic mass is 10.1. The number of Topliss-reactive ketones (excluding diaryl/α,β-unsaturated/α-hetero) is 1. The highest BCUT2D eigenvalue weighted by Crippen LogP contribution is 2.16. The zero-order chi connectivity index (χ0) is 12.8. The number of carbonyl (C=O) groups is 1. The molecular formula is C16H16O2. The number of allylic oxidation sites excluding steroid dienone is 4. The van der Waals surface area contributed by atoms with Crippen molar-refractivity contribution < 1.29 is 9.53 Å². The Kier molecular flexibility index (Phi) is 4.13. The molecule has 0 aliphatic heterocycles. The van der Waals surface area contributed by atoms with Gasteiger partial charge in [0.15, 0.2) is 0 Å². The monoisotopic (exact) mass is 240 g/mol. The molecule has 2 rings (SSSR count). The Hall–Kier alpha value is -2.09. The van der Waals surface area contributed by atoms with Gasteiger partial charge in [0.2, 0.25) is 0 Å². The first-order valence-electron chi connectivity index (χ1n) is 6.01. The summed E-state index contributed by atoms with van der Waals surface area (Å²) in [6, 6.07) is 7.66. The molecule has 1 aromatic rings. The van der Waals surface area contributed by atoms with Crippen LogP contribution in [0, 0.1) is 0 Å². The molecule has 0 radical (unpaired) electrons. The summed E-state index contributed by atoms with van der Waals surface area (Å²) >= 11 is 0. The van der Waals surface area contributed by atoms with Crippen LogP contribution in [-0.4, -0.2) is 11.9 Å². The maximum atomic E-state index is 11.0. The van der Waals surface area contributed by atoms with Gasteiger partial charge < -0.3 is 4.74 Å². The van der Waals surface area contributed by atoms with E-state index in [1.807, 2.05) is 60.7 Å². The van der Waals surface area contributed by atoms with Crippen LogP contribution in [0.2, 0.25) is 0 Å². The minimum Gasteiger partial charge on any atom is -0.482 e. The van der Waals surface area contributed by atoms with Crippen molar-refractivity contribution in [1.82, 2.24) is 0 Å². The van der Waals surface area contributed by atoms with Gasteiger partial charge in [-0.2, -0.15) is 0 Å². The minimum atomic E-state index is -0.0429. The third-order valence-corrected chi connectivity index (χ3v) is 2.58. The molecule has 0 saturated carbocycles. The smallest absolute Gasteiger partial charge is 0.136 e. The van der Waals surface area contributed by atoms with Crippen molar-refractivity contribution in [3.63, 3.8) is 0 Å². The molecule has 0 amide bonds. The Morgan fingerprint density at radius 2 is 1.67 bits per heavy atom.